The summed E-state index contributed by atoms with van der Waals surface area (Å²) in [5.74, 6) is 0.336. The number of hydrogen-bond acceptors (Lipinski definition) is 4. The Hall–Kier alpha value is -1.43. The van der Waals surface area contributed by atoms with Gasteiger partial charge in [0.2, 0.25) is 11.8 Å². The molecule has 1 N–H and O–H groups in total. The largest absolute Gasteiger partial charge is 0.342 e. The smallest absolute Gasteiger partial charge is 0.246 e. The minimum atomic E-state index is -0.778. The fourth-order valence-electron chi connectivity index (χ4n) is 2.89. The van der Waals surface area contributed by atoms with Crippen molar-refractivity contribution in [3.63, 3.8) is 0 Å². The van der Waals surface area contributed by atoms with Gasteiger partial charge in [-0.3, -0.25) is 9.59 Å². The minimum absolute atomic E-state index is 0.0338. The molecule has 0 bridgehead atoms. The number of nitrogens with zero attached hydrogens (tertiary/aromatic N) is 2. The van der Waals surface area contributed by atoms with Gasteiger partial charge in [0.15, 0.2) is 0 Å². The van der Waals surface area contributed by atoms with Crippen molar-refractivity contribution in [3.8, 4) is 0 Å². The molecule has 2 heterocycles. The predicted molar refractivity (Wildman–Crippen MR) is 80.8 cm³/mol. The van der Waals surface area contributed by atoms with E-state index in [2.05, 4.69) is 10.3 Å². The fraction of sp³-hybridized carbons (Fsp3) is 0.667. The summed E-state index contributed by atoms with van der Waals surface area (Å²) in [6.07, 6.45) is 2.66. The molecule has 1 saturated heterocycles. The number of thiazole rings is 1. The van der Waals surface area contributed by atoms with Gasteiger partial charge in [0, 0.05) is 5.38 Å². The van der Waals surface area contributed by atoms with Crippen LogP contribution in [0.3, 0.4) is 0 Å². The summed E-state index contributed by atoms with van der Waals surface area (Å²) in [4.78, 5) is 31.5. The minimum Gasteiger partial charge on any atom is -0.342 e. The summed E-state index contributed by atoms with van der Waals surface area (Å²) in [5, 5.41) is 5.89. The zero-order chi connectivity index (χ0) is 15.2. The van der Waals surface area contributed by atoms with Gasteiger partial charge in [-0.25, -0.2) is 4.98 Å². The lowest BCUT2D eigenvalue weighted by atomic mass is 9.89. The van der Waals surface area contributed by atoms with Crippen molar-refractivity contribution in [2.24, 2.45) is 5.92 Å². The van der Waals surface area contributed by atoms with Crippen LogP contribution in [-0.2, 0) is 16.1 Å². The lowest BCUT2D eigenvalue weighted by Gasteiger charge is -2.45. The Morgan fingerprint density at radius 1 is 1.48 bits per heavy atom. The van der Waals surface area contributed by atoms with Gasteiger partial charge in [-0.2, -0.15) is 0 Å². The molecule has 1 aromatic heterocycles. The van der Waals surface area contributed by atoms with Gasteiger partial charge in [-0.05, 0) is 39.0 Å². The third kappa shape index (κ3) is 2.46. The van der Waals surface area contributed by atoms with Crippen molar-refractivity contribution in [3.05, 3.63) is 16.1 Å². The maximum atomic E-state index is 12.8. The van der Waals surface area contributed by atoms with Crippen LogP contribution in [0.15, 0.2) is 5.38 Å². The summed E-state index contributed by atoms with van der Waals surface area (Å²) >= 11 is 1.57. The third-order valence-electron chi connectivity index (χ3n) is 4.67. The number of carbonyl (C=O) groups is 2. The Balaban J connectivity index is 1.90. The van der Waals surface area contributed by atoms with E-state index in [0.29, 0.717) is 18.9 Å². The number of hydrogen-bond donors (Lipinski definition) is 1. The van der Waals surface area contributed by atoms with Crippen molar-refractivity contribution in [1.29, 1.82) is 0 Å². The highest BCUT2D eigenvalue weighted by atomic mass is 32.1. The summed E-state index contributed by atoms with van der Waals surface area (Å²) in [6.45, 7) is 6.17. The molecule has 0 radical (unpaired) electrons. The van der Waals surface area contributed by atoms with Crippen LogP contribution in [0, 0.1) is 12.8 Å². The normalized spacial score (nSPS) is 29.7. The Morgan fingerprint density at radius 2 is 2.19 bits per heavy atom. The average Bonchev–Trinajstić information content (AvgIpc) is 3.22. The van der Waals surface area contributed by atoms with E-state index in [1.54, 1.807) is 16.2 Å². The van der Waals surface area contributed by atoms with Crippen LogP contribution in [0.4, 0.5) is 0 Å². The molecule has 2 atom stereocenters. The molecule has 3 rings (SSSR count). The monoisotopic (exact) mass is 307 g/mol. The Kier molecular flexibility index (Phi) is 3.51. The summed E-state index contributed by atoms with van der Waals surface area (Å²) in [6, 6.07) is -0.336. The van der Waals surface area contributed by atoms with E-state index in [9.17, 15) is 9.59 Å². The molecule has 2 aliphatic rings. The maximum Gasteiger partial charge on any atom is 0.246 e. The number of amides is 2. The lowest BCUT2D eigenvalue weighted by molar-refractivity contribution is -0.158. The average molecular weight is 307 g/mol. The fourth-order valence-corrected chi connectivity index (χ4v) is 3.49. The van der Waals surface area contributed by atoms with Gasteiger partial charge in [-0.15, -0.1) is 11.3 Å². The van der Waals surface area contributed by atoms with Crippen LogP contribution in [0.25, 0.3) is 0 Å². The van der Waals surface area contributed by atoms with E-state index in [1.165, 1.54) is 0 Å². The van der Waals surface area contributed by atoms with E-state index in [4.69, 9.17) is 0 Å². The number of aromatic nitrogens is 1. The molecule has 2 fully saturated rings. The van der Waals surface area contributed by atoms with Crippen molar-refractivity contribution < 1.29 is 9.59 Å². The zero-order valence-electron chi connectivity index (χ0n) is 12.7. The second-order valence-electron chi connectivity index (χ2n) is 6.20. The van der Waals surface area contributed by atoms with Gasteiger partial charge in [-0.1, -0.05) is 6.92 Å². The molecule has 1 aliphatic heterocycles. The van der Waals surface area contributed by atoms with Gasteiger partial charge in [0.1, 0.15) is 11.6 Å². The molecule has 0 spiro atoms. The SMILES string of the molecule is CCC1(C)C(=O)NC(C2CC2)C(=O)N1Cc1csc(C)n1. The van der Waals surface area contributed by atoms with Gasteiger partial charge in [0.25, 0.3) is 0 Å². The second kappa shape index (κ2) is 5.09. The highest BCUT2D eigenvalue weighted by Crippen LogP contribution is 2.38. The standard InChI is InChI=1S/C15H21N3O2S/c1-4-15(3)14(20)17-12(10-5-6-10)13(19)18(15)7-11-8-21-9(2)16-11/h8,10,12H,4-7H2,1-3H3,(H,17,20). The molecule has 21 heavy (non-hydrogen) atoms. The summed E-state index contributed by atoms with van der Waals surface area (Å²) in [7, 11) is 0. The highest BCUT2D eigenvalue weighted by molar-refractivity contribution is 7.09. The topological polar surface area (TPSA) is 62.3 Å². The molecule has 1 saturated carbocycles. The first-order chi connectivity index (χ1) is 9.95. The quantitative estimate of drug-likeness (QED) is 0.923. The summed E-state index contributed by atoms with van der Waals surface area (Å²) in [5.41, 5.74) is 0.0924. The van der Waals surface area contributed by atoms with Crippen LogP contribution in [0.5, 0.6) is 0 Å². The molecule has 0 aromatic carbocycles. The molecular formula is C15H21N3O2S. The molecule has 1 aromatic rings. The molecule has 1 aliphatic carbocycles. The Bertz CT molecular complexity index is 581. The van der Waals surface area contributed by atoms with Crippen molar-refractivity contribution in [2.75, 3.05) is 0 Å². The molecule has 114 valence electrons. The van der Waals surface area contributed by atoms with Gasteiger partial charge in [0.05, 0.1) is 17.2 Å². The van der Waals surface area contributed by atoms with Crippen LogP contribution in [0.2, 0.25) is 0 Å². The molecular weight excluding hydrogens is 286 g/mol. The highest BCUT2D eigenvalue weighted by Gasteiger charge is 2.52. The number of piperazine rings is 1. The lowest BCUT2D eigenvalue weighted by Crippen LogP contribution is -2.69. The van der Waals surface area contributed by atoms with Crippen molar-refractivity contribution >= 4 is 23.2 Å². The second-order valence-corrected chi connectivity index (χ2v) is 7.26. The van der Waals surface area contributed by atoms with E-state index >= 15 is 0 Å². The number of carbonyl (C=O) groups excluding carboxylic acids is 2. The molecule has 2 unspecified atom stereocenters. The zero-order valence-corrected chi connectivity index (χ0v) is 13.5. The van der Waals surface area contributed by atoms with Gasteiger partial charge < -0.3 is 10.2 Å². The molecule has 5 nitrogen and oxygen atoms in total. The molecule has 6 heteroatoms. The number of rotatable bonds is 4. The third-order valence-corrected chi connectivity index (χ3v) is 5.49. The van der Waals surface area contributed by atoms with Crippen LogP contribution < -0.4 is 5.32 Å². The predicted octanol–water partition coefficient (Wildman–Crippen LogP) is 1.86. The van der Waals surface area contributed by atoms with E-state index < -0.39 is 5.54 Å². The Labute approximate surface area is 128 Å². The van der Waals surface area contributed by atoms with Crippen LogP contribution >= 0.6 is 11.3 Å². The first-order valence-electron chi connectivity index (χ1n) is 7.49. The number of aryl methyl sites for hydroxylation is 1. The van der Waals surface area contributed by atoms with Crippen molar-refractivity contribution in [2.45, 2.75) is 58.2 Å². The maximum absolute atomic E-state index is 12.8. The molecule has 2 amide bonds. The van der Waals surface area contributed by atoms with E-state index in [-0.39, 0.29) is 17.9 Å². The van der Waals surface area contributed by atoms with Crippen molar-refractivity contribution in [1.82, 2.24) is 15.2 Å². The first-order valence-corrected chi connectivity index (χ1v) is 8.37. The number of nitrogens with one attached hydrogen (secondary N) is 1. The van der Waals surface area contributed by atoms with E-state index in [0.717, 1.165) is 23.5 Å². The summed E-state index contributed by atoms with van der Waals surface area (Å²) < 4.78 is 0. The first kappa shape index (κ1) is 14.5. The van der Waals surface area contributed by atoms with Crippen LogP contribution in [-0.4, -0.2) is 33.3 Å². The van der Waals surface area contributed by atoms with Crippen LogP contribution in [0.1, 0.15) is 43.8 Å². The van der Waals surface area contributed by atoms with E-state index in [1.807, 2.05) is 26.2 Å². The Morgan fingerprint density at radius 3 is 2.71 bits per heavy atom. The van der Waals surface area contributed by atoms with Gasteiger partial charge >= 0.3 is 0 Å².